The number of esters is 1. The molecule has 29 heavy (non-hydrogen) atoms. The summed E-state index contributed by atoms with van der Waals surface area (Å²) in [6.45, 7) is 3.77. The smallest absolute Gasteiger partial charge is 0.338 e. The number of nitrogens with zero attached hydrogens (tertiary/aromatic N) is 2. The van der Waals surface area contributed by atoms with Crippen molar-refractivity contribution in [1.82, 2.24) is 4.98 Å². The van der Waals surface area contributed by atoms with Crippen molar-refractivity contribution in [2.75, 3.05) is 4.90 Å². The Morgan fingerprint density at radius 3 is 2.52 bits per heavy atom. The first-order valence-electron chi connectivity index (χ1n) is 9.13. The van der Waals surface area contributed by atoms with Crippen molar-refractivity contribution in [2.45, 2.75) is 20.5 Å². The van der Waals surface area contributed by atoms with Crippen LogP contribution in [0.5, 0.6) is 0 Å². The van der Waals surface area contributed by atoms with Gasteiger partial charge in [0.15, 0.2) is 0 Å². The van der Waals surface area contributed by atoms with Crippen molar-refractivity contribution < 1.29 is 19.1 Å². The van der Waals surface area contributed by atoms with E-state index in [1.807, 2.05) is 26.0 Å². The van der Waals surface area contributed by atoms with E-state index in [9.17, 15) is 14.4 Å². The average molecular weight is 386 g/mol. The van der Waals surface area contributed by atoms with Gasteiger partial charge in [0.1, 0.15) is 6.61 Å². The lowest BCUT2D eigenvalue weighted by molar-refractivity contribution is 0.0467. The lowest BCUT2D eigenvalue weighted by Gasteiger charge is -2.17. The summed E-state index contributed by atoms with van der Waals surface area (Å²) < 4.78 is 5.27. The molecule has 0 saturated heterocycles. The molecule has 0 spiro atoms. The number of amides is 2. The molecule has 0 aliphatic carbocycles. The van der Waals surface area contributed by atoms with Crippen LogP contribution < -0.4 is 4.90 Å². The van der Waals surface area contributed by atoms with Crippen LogP contribution in [0, 0.1) is 13.8 Å². The number of aromatic nitrogens is 1. The zero-order chi connectivity index (χ0) is 20.5. The Hall–Kier alpha value is -3.80. The third kappa shape index (κ3) is 3.40. The van der Waals surface area contributed by atoms with Crippen molar-refractivity contribution >= 4 is 23.5 Å². The molecule has 0 radical (unpaired) electrons. The summed E-state index contributed by atoms with van der Waals surface area (Å²) in [7, 11) is 0. The van der Waals surface area contributed by atoms with Gasteiger partial charge in [-0.05, 0) is 61.4 Å². The molecule has 0 atom stereocenters. The first kappa shape index (κ1) is 18.6. The second-order valence-electron chi connectivity index (χ2n) is 6.89. The number of hydrogen-bond acceptors (Lipinski definition) is 5. The highest BCUT2D eigenvalue weighted by molar-refractivity contribution is 6.35. The van der Waals surface area contributed by atoms with Crippen LogP contribution >= 0.6 is 0 Å². The van der Waals surface area contributed by atoms with Gasteiger partial charge in [-0.2, -0.15) is 0 Å². The summed E-state index contributed by atoms with van der Waals surface area (Å²) in [4.78, 5) is 43.5. The Kier molecular flexibility index (Phi) is 4.68. The Labute approximate surface area is 167 Å². The third-order valence-electron chi connectivity index (χ3n) is 4.81. The van der Waals surface area contributed by atoms with Gasteiger partial charge in [0.05, 0.1) is 28.1 Å². The first-order valence-corrected chi connectivity index (χ1v) is 9.13. The van der Waals surface area contributed by atoms with E-state index in [2.05, 4.69) is 4.98 Å². The van der Waals surface area contributed by atoms with Crippen molar-refractivity contribution in [3.63, 3.8) is 0 Å². The van der Waals surface area contributed by atoms with Crippen LogP contribution in [0.15, 0.2) is 60.8 Å². The van der Waals surface area contributed by atoms with Gasteiger partial charge in [0.2, 0.25) is 0 Å². The van der Waals surface area contributed by atoms with Crippen LogP contribution in [0.3, 0.4) is 0 Å². The van der Waals surface area contributed by atoms with Gasteiger partial charge in [-0.15, -0.1) is 0 Å². The minimum absolute atomic E-state index is 0.0260. The first-order chi connectivity index (χ1) is 14.0. The lowest BCUT2D eigenvalue weighted by atomic mass is 10.1. The number of aryl methyl sites for hydroxylation is 2. The SMILES string of the molecule is Cc1ccc(C)c(N2C(=O)c3ccc(C(=O)OCc4ccccn4)cc3C2=O)c1. The van der Waals surface area contributed by atoms with E-state index in [1.165, 1.54) is 18.2 Å². The predicted molar refractivity (Wildman–Crippen MR) is 107 cm³/mol. The third-order valence-corrected chi connectivity index (χ3v) is 4.81. The van der Waals surface area contributed by atoms with E-state index < -0.39 is 17.8 Å². The van der Waals surface area contributed by atoms with Crippen LogP contribution in [-0.2, 0) is 11.3 Å². The van der Waals surface area contributed by atoms with Gasteiger partial charge in [0, 0.05) is 6.20 Å². The summed E-state index contributed by atoms with van der Waals surface area (Å²) in [6, 6.07) is 15.3. The van der Waals surface area contributed by atoms with Crippen LogP contribution in [0.25, 0.3) is 0 Å². The fourth-order valence-corrected chi connectivity index (χ4v) is 3.25. The molecule has 6 heteroatoms. The van der Waals surface area contributed by atoms with Crippen LogP contribution in [0.2, 0.25) is 0 Å². The maximum absolute atomic E-state index is 13.0. The van der Waals surface area contributed by atoms with Crippen LogP contribution in [0.1, 0.15) is 47.9 Å². The molecule has 1 aliphatic heterocycles. The summed E-state index contributed by atoms with van der Waals surface area (Å²) in [5.41, 5.74) is 3.62. The monoisotopic (exact) mass is 386 g/mol. The minimum atomic E-state index is -0.580. The van der Waals surface area contributed by atoms with Crippen LogP contribution in [-0.4, -0.2) is 22.8 Å². The van der Waals surface area contributed by atoms with Crippen molar-refractivity contribution in [3.05, 3.63) is 94.3 Å². The Bertz CT molecular complexity index is 1140. The van der Waals surface area contributed by atoms with E-state index in [4.69, 9.17) is 4.74 Å². The number of carbonyl (C=O) groups is 3. The molecular formula is C23H18N2O4. The summed E-state index contributed by atoms with van der Waals surface area (Å²) in [5, 5.41) is 0. The molecule has 0 bridgehead atoms. The largest absolute Gasteiger partial charge is 0.456 e. The van der Waals surface area contributed by atoms with E-state index >= 15 is 0 Å². The molecule has 0 fully saturated rings. The molecule has 4 rings (SSSR count). The van der Waals surface area contributed by atoms with Crippen molar-refractivity contribution in [1.29, 1.82) is 0 Å². The molecule has 1 aromatic heterocycles. The van der Waals surface area contributed by atoms with Gasteiger partial charge in [0.25, 0.3) is 11.8 Å². The molecule has 144 valence electrons. The molecule has 2 aromatic carbocycles. The molecule has 0 N–H and O–H groups in total. The Balaban J connectivity index is 1.60. The summed E-state index contributed by atoms with van der Waals surface area (Å²) in [6.07, 6.45) is 1.62. The van der Waals surface area contributed by atoms with Gasteiger partial charge in [-0.1, -0.05) is 18.2 Å². The summed E-state index contributed by atoms with van der Waals surface area (Å²) >= 11 is 0. The van der Waals surface area contributed by atoms with E-state index in [1.54, 1.807) is 30.5 Å². The number of carbonyl (C=O) groups excluding carboxylic acids is 3. The molecule has 6 nitrogen and oxygen atoms in total. The van der Waals surface area contributed by atoms with Gasteiger partial charge >= 0.3 is 5.97 Å². The number of hydrogen-bond donors (Lipinski definition) is 0. The number of benzene rings is 2. The number of imide groups is 1. The highest BCUT2D eigenvalue weighted by Gasteiger charge is 2.38. The standard InChI is InChI=1S/C23H18N2O4/c1-14-6-7-15(2)20(11-14)25-21(26)18-9-8-16(12-19(18)22(25)27)23(28)29-13-17-5-3-4-10-24-17/h3-12H,13H2,1-2H3. The zero-order valence-corrected chi connectivity index (χ0v) is 16.0. The Morgan fingerprint density at radius 2 is 1.76 bits per heavy atom. The van der Waals surface area contributed by atoms with Gasteiger partial charge < -0.3 is 4.74 Å². The normalized spacial score (nSPS) is 12.8. The maximum atomic E-state index is 13.0. The average Bonchev–Trinajstić information content (AvgIpc) is 2.98. The molecule has 0 unspecified atom stereocenters. The minimum Gasteiger partial charge on any atom is -0.456 e. The molecule has 3 aromatic rings. The van der Waals surface area contributed by atoms with Crippen LogP contribution in [0.4, 0.5) is 5.69 Å². The lowest BCUT2D eigenvalue weighted by Crippen LogP contribution is -2.30. The fraction of sp³-hybridized carbons (Fsp3) is 0.130. The second-order valence-corrected chi connectivity index (χ2v) is 6.89. The highest BCUT2D eigenvalue weighted by atomic mass is 16.5. The molecular weight excluding hydrogens is 368 g/mol. The Morgan fingerprint density at radius 1 is 0.966 bits per heavy atom. The van der Waals surface area contributed by atoms with Gasteiger partial charge in [-0.25, -0.2) is 9.69 Å². The predicted octanol–water partition coefficient (Wildman–Crippen LogP) is 3.86. The maximum Gasteiger partial charge on any atom is 0.338 e. The molecule has 0 saturated carbocycles. The summed E-state index contributed by atoms with van der Waals surface area (Å²) in [5.74, 6) is -1.42. The number of anilines is 1. The van der Waals surface area contributed by atoms with E-state index in [0.717, 1.165) is 16.0 Å². The number of ether oxygens (including phenoxy) is 1. The van der Waals surface area contributed by atoms with Crippen molar-refractivity contribution in [2.24, 2.45) is 0 Å². The van der Waals surface area contributed by atoms with Crippen molar-refractivity contribution in [3.8, 4) is 0 Å². The topological polar surface area (TPSA) is 76.6 Å². The van der Waals surface area contributed by atoms with Gasteiger partial charge in [-0.3, -0.25) is 14.6 Å². The molecule has 1 aliphatic rings. The zero-order valence-electron chi connectivity index (χ0n) is 16.0. The number of rotatable bonds is 4. The number of pyridine rings is 1. The quantitative estimate of drug-likeness (QED) is 0.503. The molecule has 2 amide bonds. The molecule has 2 heterocycles. The second kappa shape index (κ2) is 7.31. The fourth-order valence-electron chi connectivity index (χ4n) is 3.25. The van der Waals surface area contributed by atoms with E-state index in [-0.39, 0.29) is 23.3 Å². The van der Waals surface area contributed by atoms with E-state index in [0.29, 0.717) is 11.4 Å². The highest BCUT2D eigenvalue weighted by Crippen LogP contribution is 2.31. The number of fused-ring (bicyclic) bond motifs is 1.